The van der Waals surface area contributed by atoms with Gasteiger partial charge < -0.3 is 18.9 Å². The van der Waals surface area contributed by atoms with Gasteiger partial charge in [0.2, 0.25) is 0 Å². The highest BCUT2D eigenvalue weighted by atomic mass is 35.5. The van der Waals surface area contributed by atoms with E-state index >= 15 is 8.78 Å². The van der Waals surface area contributed by atoms with Gasteiger partial charge in [0.15, 0.2) is 11.4 Å². The molecular weight excluding hydrogens is 561 g/mol. The van der Waals surface area contributed by atoms with Crippen molar-refractivity contribution in [2.45, 2.75) is 76.5 Å². The van der Waals surface area contributed by atoms with E-state index in [0.29, 0.717) is 58.4 Å². The Bertz CT molecular complexity index is 1450. The van der Waals surface area contributed by atoms with Gasteiger partial charge in [-0.05, 0) is 76.8 Å². The first-order chi connectivity index (χ1) is 18.9. The lowest BCUT2D eigenvalue weighted by Crippen LogP contribution is -2.39. The molecule has 3 atom stereocenters. The van der Waals surface area contributed by atoms with E-state index in [1.54, 1.807) is 51.1 Å². The van der Waals surface area contributed by atoms with Gasteiger partial charge in [-0.25, -0.2) is 13.6 Å². The fraction of sp³-hybridized carbons (Fsp3) is 0.467. The zero-order chi connectivity index (χ0) is 28.4. The van der Waals surface area contributed by atoms with Crippen molar-refractivity contribution in [3.63, 3.8) is 0 Å². The summed E-state index contributed by atoms with van der Waals surface area (Å²) in [6.45, 7) is 6.03. The molecule has 1 aromatic heterocycles. The number of fused-ring (bicyclic) bond motifs is 2. The molecule has 1 saturated heterocycles. The number of aromatic nitrogens is 1. The quantitative estimate of drug-likeness (QED) is 0.261. The molecule has 6 nitrogen and oxygen atoms in total. The zero-order valence-corrected chi connectivity index (χ0v) is 24.0. The molecule has 0 unspecified atom stereocenters. The molecule has 0 amide bonds. The second-order valence-electron chi connectivity index (χ2n) is 12.0. The van der Waals surface area contributed by atoms with E-state index in [4.69, 9.17) is 37.2 Å². The zero-order valence-electron chi connectivity index (χ0n) is 22.5. The number of rotatable bonds is 7. The summed E-state index contributed by atoms with van der Waals surface area (Å²) in [6, 6.07) is 9.71. The van der Waals surface area contributed by atoms with Crippen LogP contribution in [0.2, 0.25) is 10.0 Å². The number of ether oxygens (including phenoxy) is 2. The molecule has 3 aromatic rings. The number of esters is 1. The van der Waals surface area contributed by atoms with Crippen LogP contribution in [0.25, 0.3) is 11.3 Å². The molecule has 2 bridgehead atoms. The van der Waals surface area contributed by atoms with Crippen LogP contribution in [0, 0.1) is 11.7 Å². The maximum atomic E-state index is 15.2. The van der Waals surface area contributed by atoms with Crippen molar-refractivity contribution in [3.8, 4) is 11.3 Å². The third-order valence-corrected chi connectivity index (χ3v) is 8.52. The molecule has 2 heterocycles. The molecule has 2 aliphatic carbocycles. The Morgan fingerprint density at radius 2 is 1.90 bits per heavy atom. The highest BCUT2D eigenvalue weighted by Gasteiger charge is 2.52. The Morgan fingerprint density at radius 3 is 2.50 bits per heavy atom. The van der Waals surface area contributed by atoms with Crippen LogP contribution < -0.4 is 4.90 Å². The van der Waals surface area contributed by atoms with Gasteiger partial charge in [0.25, 0.3) is 0 Å². The number of alkyl halides is 1. The first kappa shape index (κ1) is 27.5. The summed E-state index contributed by atoms with van der Waals surface area (Å²) in [6.07, 6.45) is 2.20. The van der Waals surface area contributed by atoms with Gasteiger partial charge in [-0.2, -0.15) is 0 Å². The fourth-order valence-electron chi connectivity index (χ4n) is 5.85. The minimum atomic E-state index is -1.55. The van der Waals surface area contributed by atoms with Gasteiger partial charge in [0, 0.05) is 24.1 Å². The van der Waals surface area contributed by atoms with Crippen molar-refractivity contribution in [1.29, 1.82) is 0 Å². The van der Waals surface area contributed by atoms with Gasteiger partial charge in [-0.15, -0.1) is 0 Å². The van der Waals surface area contributed by atoms with Gasteiger partial charge in [-0.3, -0.25) is 0 Å². The summed E-state index contributed by atoms with van der Waals surface area (Å²) in [4.78, 5) is 14.4. The van der Waals surface area contributed by atoms with Crippen molar-refractivity contribution in [1.82, 2.24) is 5.16 Å². The number of benzene rings is 2. The summed E-state index contributed by atoms with van der Waals surface area (Å²) in [5.74, 6) is -0.663. The Kier molecular flexibility index (Phi) is 6.87. The monoisotopic (exact) mass is 590 g/mol. The number of anilines is 1. The summed E-state index contributed by atoms with van der Waals surface area (Å²) in [5, 5.41) is 4.95. The lowest BCUT2D eigenvalue weighted by atomic mass is 10.0. The fourth-order valence-corrected chi connectivity index (χ4v) is 6.43. The lowest BCUT2D eigenvalue weighted by molar-refractivity contribution is 0.00690. The van der Waals surface area contributed by atoms with Crippen LogP contribution in [-0.4, -0.2) is 35.4 Å². The second-order valence-corrected chi connectivity index (χ2v) is 12.8. The predicted molar refractivity (Wildman–Crippen MR) is 148 cm³/mol. The molecule has 40 heavy (non-hydrogen) atoms. The minimum absolute atomic E-state index is 0.0857. The van der Waals surface area contributed by atoms with E-state index < -0.39 is 23.1 Å². The molecule has 3 aliphatic rings. The Hall–Kier alpha value is -2.68. The highest BCUT2D eigenvalue weighted by Crippen LogP contribution is 2.53. The minimum Gasteiger partial charge on any atom is -0.456 e. The molecule has 2 saturated carbocycles. The average Bonchev–Trinajstić information content (AvgIpc) is 3.21. The normalized spacial score (nSPS) is 23.1. The molecule has 1 aliphatic heterocycles. The Labute approximate surface area is 241 Å². The van der Waals surface area contributed by atoms with E-state index in [-0.39, 0.29) is 36.0 Å². The molecular formula is C30H30Cl2F2N2O4. The van der Waals surface area contributed by atoms with E-state index in [2.05, 4.69) is 5.16 Å². The number of nitrogens with zero attached hydrogens (tertiary/aromatic N) is 2. The van der Waals surface area contributed by atoms with Gasteiger partial charge in [0.1, 0.15) is 17.1 Å². The maximum absolute atomic E-state index is 15.2. The number of halogens is 4. The molecule has 0 radical (unpaired) electrons. The van der Waals surface area contributed by atoms with Crippen LogP contribution in [-0.2, 0) is 21.7 Å². The van der Waals surface area contributed by atoms with E-state index in [0.717, 1.165) is 6.42 Å². The maximum Gasteiger partial charge on any atom is 0.338 e. The Balaban J connectivity index is 1.16. The molecule has 2 aromatic carbocycles. The molecule has 6 rings (SSSR count). The van der Waals surface area contributed by atoms with Crippen LogP contribution in [0.15, 0.2) is 40.9 Å². The van der Waals surface area contributed by atoms with E-state index in [1.807, 2.05) is 4.90 Å². The molecule has 0 spiro atoms. The molecule has 10 heteroatoms. The standard InChI is InChI=1S/C30H30Cl2F2N2O4/c1-29(2,3)39-28(37)16-7-8-23(22(33)12-16)36-14-17-11-18(36)13-24(17)38-15-19-26(25-20(31)5-4-6-21(25)32)35-40-27(19)30(34)9-10-30/h4-8,12,17-18,24H,9-11,13-15H2,1-3H3/t17-,18-,24+/m0/s1. The summed E-state index contributed by atoms with van der Waals surface area (Å²) in [5.41, 5.74) is -0.151. The van der Waals surface area contributed by atoms with Crippen LogP contribution in [0.3, 0.4) is 0 Å². The second kappa shape index (κ2) is 10.00. The van der Waals surface area contributed by atoms with E-state index in [9.17, 15) is 4.79 Å². The van der Waals surface area contributed by atoms with Crippen molar-refractivity contribution in [3.05, 3.63) is 69.1 Å². The largest absolute Gasteiger partial charge is 0.456 e. The first-order valence-corrected chi connectivity index (χ1v) is 14.2. The van der Waals surface area contributed by atoms with Crippen LogP contribution in [0.5, 0.6) is 0 Å². The van der Waals surface area contributed by atoms with Crippen molar-refractivity contribution >= 4 is 34.9 Å². The van der Waals surface area contributed by atoms with Crippen molar-refractivity contribution in [2.24, 2.45) is 5.92 Å². The topological polar surface area (TPSA) is 64.8 Å². The highest BCUT2D eigenvalue weighted by molar-refractivity contribution is 6.39. The molecule has 0 N–H and O–H groups in total. The van der Waals surface area contributed by atoms with Crippen LogP contribution >= 0.6 is 23.2 Å². The van der Waals surface area contributed by atoms with Crippen molar-refractivity contribution < 1.29 is 27.6 Å². The molecule has 3 fully saturated rings. The van der Waals surface area contributed by atoms with E-state index in [1.165, 1.54) is 6.07 Å². The van der Waals surface area contributed by atoms with Crippen molar-refractivity contribution in [2.75, 3.05) is 11.4 Å². The van der Waals surface area contributed by atoms with Gasteiger partial charge >= 0.3 is 5.97 Å². The Morgan fingerprint density at radius 1 is 1.18 bits per heavy atom. The third-order valence-electron chi connectivity index (χ3n) is 7.89. The summed E-state index contributed by atoms with van der Waals surface area (Å²) >= 11 is 12.9. The van der Waals surface area contributed by atoms with Crippen LogP contribution in [0.4, 0.5) is 14.5 Å². The number of carbonyl (C=O) groups is 1. The molecule has 212 valence electrons. The number of hydrogen-bond donors (Lipinski definition) is 0. The average molecular weight is 591 g/mol. The van der Waals surface area contributed by atoms with Crippen LogP contribution in [0.1, 0.15) is 68.1 Å². The summed E-state index contributed by atoms with van der Waals surface area (Å²) < 4.78 is 47.5. The summed E-state index contributed by atoms with van der Waals surface area (Å²) in [7, 11) is 0. The number of carbonyl (C=O) groups excluding carboxylic acids is 1. The number of piperidine rings is 1. The first-order valence-electron chi connectivity index (χ1n) is 13.5. The third kappa shape index (κ3) is 5.10. The smallest absolute Gasteiger partial charge is 0.338 e. The predicted octanol–water partition coefficient (Wildman–Crippen LogP) is 7.89. The van der Waals surface area contributed by atoms with Gasteiger partial charge in [-0.1, -0.05) is 34.4 Å². The SMILES string of the molecule is CC(C)(C)OC(=O)c1ccc(N2C[C@@H]3C[C@H]2C[C@H]3OCc2c(-c3c(Cl)cccc3Cl)noc2C2(F)CC2)c(F)c1. The van der Waals surface area contributed by atoms with Gasteiger partial charge in [0.05, 0.1) is 39.6 Å². The number of hydrogen-bond acceptors (Lipinski definition) is 6. The lowest BCUT2D eigenvalue weighted by Gasteiger charge is -2.33.